The molecule has 0 radical (unpaired) electrons. The van der Waals surface area contributed by atoms with Gasteiger partial charge in [0.1, 0.15) is 13.2 Å². The van der Waals surface area contributed by atoms with Crippen LogP contribution in [-0.2, 0) is 16.4 Å². The predicted octanol–water partition coefficient (Wildman–Crippen LogP) is 2.88. The van der Waals surface area contributed by atoms with Gasteiger partial charge in [-0.1, -0.05) is 29.8 Å². The molecule has 0 aliphatic carbocycles. The molecule has 0 unspecified atom stereocenters. The first-order valence-electron chi connectivity index (χ1n) is 9.36. The van der Waals surface area contributed by atoms with Gasteiger partial charge < -0.3 is 19.3 Å². The smallest absolute Gasteiger partial charge is 0.177 e. The zero-order chi connectivity index (χ0) is 20.2. The van der Waals surface area contributed by atoms with E-state index in [1.54, 1.807) is 0 Å². The third-order valence-electron chi connectivity index (χ3n) is 5.58. The summed E-state index contributed by atoms with van der Waals surface area (Å²) < 4.78 is 36.2. The van der Waals surface area contributed by atoms with E-state index in [4.69, 9.17) is 33.3 Å². The molecule has 6 nitrogen and oxygen atoms in total. The number of anilines is 1. The molecule has 9 heteroatoms. The molecule has 3 heterocycles. The number of halogens is 1. The number of thiocarbonyl (C=S) groups is 1. The molecular formula is C20H19ClN2O4S2. The molecule has 2 aromatic rings. The van der Waals surface area contributed by atoms with E-state index in [0.717, 1.165) is 11.3 Å². The van der Waals surface area contributed by atoms with Crippen molar-refractivity contribution in [1.82, 2.24) is 4.90 Å². The van der Waals surface area contributed by atoms with E-state index in [-0.39, 0.29) is 23.6 Å². The van der Waals surface area contributed by atoms with Crippen molar-refractivity contribution in [2.45, 2.75) is 18.6 Å². The lowest BCUT2D eigenvalue weighted by atomic mass is 10.1. The summed E-state index contributed by atoms with van der Waals surface area (Å²) in [6, 6.07) is 12.7. The topological polar surface area (TPSA) is 59.1 Å². The minimum atomic E-state index is -3.15. The summed E-state index contributed by atoms with van der Waals surface area (Å²) in [7, 11) is -3.15. The standard InChI is InChI=1S/C20H19ClN2O4S2/c21-15-4-2-1-3-13(15)10-22-16-11-29(24,25)12-17(16)23(20(22)28)14-5-6-18-19(9-14)27-8-7-26-18/h1-6,9,16-17H,7-8,10-12H2/t16-,17-/m0/s1. The molecule has 0 saturated carbocycles. The molecule has 0 aromatic heterocycles. The Morgan fingerprint density at radius 2 is 1.76 bits per heavy atom. The second-order valence-electron chi connectivity index (χ2n) is 7.41. The Balaban J connectivity index is 1.52. The number of fused-ring (bicyclic) bond motifs is 2. The summed E-state index contributed by atoms with van der Waals surface area (Å²) in [6.45, 7) is 1.47. The lowest BCUT2D eigenvalue weighted by Gasteiger charge is -2.27. The molecule has 2 aromatic carbocycles. The lowest BCUT2D eigenvalue weighted by molar-refractivity contribution is 0.171. The monoisotopic (exact) mass is 450 g/mol. The average Bonchev–Trinajstić information content (AvgIpc) is 3.13. The number of hydrogen-bond acceptors (Lipinski definition) is 5. The first-order chi connectivity index (χ1) is 13.9. The van der Waals surface area contributed by atoms with E-state index in [2.05, 4.69) is 0 Å². The van der Waals surface area contributed by atoms with Crippen molar-refractivity contribution in [3.05, 3.63) is 53.1 Å². The third-order valence-corrected chi connectivity index (χ3v) is 8.08. The Bertz CT molecular complexity index is 1090. The van der Waals surface area contributed by atoms with Crippen LogP contribution in [0.4, 0.5) is 5.69 Å². The fraction of sp³-hybridized carbons (Fsp3) is 0.350. The molecule has 3 aliphatic heterocycles. The highest BCUT2D eigenvalue weighted by Gasteiger charge is 2.52. The Kier molecular flexibility index (Phi) is 4.60. The largest absolute Gasteiger partial charge is 0.486 e. The van der Waals surface area contributed by atoms with Gasteiger partial charge in [0.05, 0.1) is 23.6 Å². The summed E-state index contributed by atoms with van der Waals surface area (Å²) in [5.41, 5.74) is 1.73. The van der Waals surface area contributed by atoms with Gasteiger partial charge in [-0.2, -0.15) is 0 Å². The minimum Gasteiger partial charge on any atom is -0.486 e. The molecule has 0 bridgehead atoms. The van der Waals surface area contributed by atoms with Crippen LogP contribution >= 0.6 is 23.8 Å². The number of rotatable bonds is 3. The Hall–Kier alpha value is -2.03. The molecular weight excluding hydrogens is 432 g/mol. The highest BCUT2D eigenvalue weighted by atomic mass is 35.5. The van der Waals surface area contributed by atoms with Crippen molar-refractivity contribution in [2.24, 2.45) is 0 Å². The molecule has 2 saturated heterocycles. The van der Waals surface area contributed by atoms with Crippen molar-refractivity contribution in [3.63, 3.8) is 0 Å². The predicted molar refractivity (Wildman–Crippen MR) is 116 cm³/mol. The van der Waals surface area contributed by atoms with E-state index in [1.165, 1.54) is 0 Å². The number of hydrogen-bond donors (Lipinski definition) is 0. The van der Waals surface area contributed by atoms with Crippen molar-refractivity contribution in [2.75, 3.05) is 29.6 Å². The molecule has 0 amide bonds. The van der Waals surface area contributed by atoms with Crippen LogP contribution in [0.25, 0.3) is 0 Å². The summed E-state index contributed by atoms with van der Waals surface area (Å²) in [4.78, 5) is 3.93. The minimum absolute atomic E-state index is 0.0747. The van der Waals surface area contributed by atoms with Gasteiger partial charge in [-0.05, 0) is 36.0 Å². The van der Waals surface area contributed by atoms with Gasteiger partial charge in [0.15, 0.2) is 26.4 Å². The Morgan fingerprint density at radius 3 is 2.55 bits per heavy atom. The Morgan fingerprint density at radius 1 is 1.03 bits per heavy atom. The quantitative estimate of drug-likeness (QED) is 0.666. The highest BCUT2D eigenvalue weighted by Crippen LogP contribution is 2.40. The second-order valence-corrected chi connectivity index (χ2v) is 10.3. The van der Waals surface area contributed by atoms with Crippen LogP contribution in [0.5, 0.6) is 11.5 Å². The molecule has 152 valence electrons. The molecule has 2 fully saturated rings. The summed E-state index contributed by atoms with van der Waals surface area (Å²) in [5.74, 6) is 1.50. The molecule has 0 spiro atoms. The maximum absolute atomic E-state index is 12.5. The van der Waals surface area contributed by atoms with Crippen LogP contribution in [0, 0.1) is 0 Å². The van der Waals surface area contributed by atoms with Gasteiger partial charge in [-0.3, -0.25) is 0 Å². The van der Waals surface area contributed by atoms with Crippen LogP contribution in [0.1, 0.15) is 5.56 Å². The van der Waals surface area contributed by atoms with E-state index in [1.807, 2.05) is 52.3 Å². The van der Waals surface area contributed by atoms with E-state index in [9.17, 15) is 8.42 Å². The van der Waals surface area contributed by atoms with Crippen LogP contribution in [-0.4, -0.2) is 55.2 Å². The number of benzene rings is 2. The third kappa shape index (κ3) is 3.33. The van der Waals surface area contributed by atoms with Crippen molar-refractivity contribution in [1.29, 1.82) is 0 Å². The fourth-order valence-corrected chi connectivity index (χ4v) is 6.84. The molecule has 3 aliphatic rings. The second kappa shape index (κ2) is 7.04. The SMILES string of the molecule is O=S1(=O)C[C@H]2[C@H](C1)N(c1ccc3c(c1)OCCO3)C(=S)N2Cc1ccccc1Cl. The molecule has 5 rings (SSSR count). The average molecular weight is 451 g/mol. The molecule has 2 atom stereocenters. The normalized spacial score (nSPS) is 24.7. The van der Waals surface area contributed by atoms with Crippen molar-refractivity contribution < 1.29 is 17.9 Å². The van der Waals surface area contributed by atoms with Crippen LogP contribution < -0.4 is 14.4 Å². The van der Waals surface area contributed by atoms with Crippen molar-refractivity contribution >= 4 is 44.5 Å². The van der Waals surface area contributed by atoms with Gasteiger partial charge in [-0.25, -0.2) is 8.42 Å². The first-order valence-corrected chi connectivity index (χ1v) is 12.0. The van der Waals surface area contributed by atoms with Crippen LogP contribution in [0.2, 0.25) is 5.02 Å². The number of nitrogens with zero attached hydrogens (tertiary/aromatic N) is 2. The number of ether oxygens (including phenoxy) is 2. The maximum Gasteiger partial charge on any atom is 0.177 e. The van der Waals surface area contributed by atoms with Crippen LogP contribution in [0.3, 0.4) is 0 Å². The van der Waals surface area contributed by atoms with Gasteiger partial charge in [0.2, 0.25) is 0 Å². The highest BCUT2D eigenvalue weighted by molar-refractivity contribution is 7.91. The zero-order valence-corrected chi connectivity index (χ0v) is 17.8. The van der Waals surface area contributed by atoms with E-state index in [0.29, 0.717) is 41.4 Å². The number of sulfone groups is 1. The van der Waals surface area contributed by atoms with Gasteiger partial charge in [0.25, 0.3) is 0 Å². The van der Waals surface area contributed by atoms with Crippen LogP contribution in [0.15, 0.2) is 42.5 Å². The fourth-order valence-electron chi connectivity index (χ4n) is 4.26. The Labute approximate surface area is 179 Å². The zero-order valence-electron chi connectivity index (χ0n) is 15.5. The van der Waals surface area contributed by atoms with Crippen molar-refractivity contribution in [3.8, 4) is 11.5 Å². The molecule has 0 N–H and O–H groups in total. The summed E-state index contributed by atoms with van der Waals surface area (Å²) in [6.07, 6.45) is 0. The molecule has 29 heavy (non-hydrogen) atoms. The summed E-state index contributed by atoms with van der Waals surface area (Å²) in [5, 5.41) is 1.25. The van der Waals surface area contributed by atoms with E-state index < -0.39 is 9.84 Å². The van der Waals surface area contributed by atoms with Gasteiger partial charge in [-0.15, -0.1) is 0 Å². The van der Waals surface area contributed by atoms with E-state index >= 15 is 0 Å². The first kappa shape index (κ1) is 19.0. The summed E-state index contributed by atoms with van der Waals surface area (Å²) >= 11 is 12.2. The van der Waals surface area contributed by atoms with Gasteiger partial charge in [0, 0.05) is 23.3 Å². The van der Waals surface area contributed by atoms with Gasteiger partial charge >= 0.3 is 0 Å². The maximum atomic E-state index is 12.5. The lowest BCUT2D eigenvalue weighted by Crippen LogP contribution is -2.37.